The lowest BCUT2D eigenvalue weighted by atomic mass is 10.1. The molecule has 22 heavy (non-hydrogen) atoms. The predicted molar refractivity (Wildman–Crippen MR) is 87.3 cm³/mol. The van der Waals surface area contributed by atoms with Gasteiger partial charge in [-0.1, -0.05) is 41.4 Å². The van der Waals surface area contributed by atoms with Crippen LogP contribution in [0.2, 0.25) is 10.0 Å². The summed E-state index contributed by atoms with van der Waals surface area (Å²) in [7, 11) is 0. The lowest BCUT2D eigenvalue weighted by Crippen LogP contribution is -2.42. The van der Waals surface area contributed by atoms with Crippen molar-refractivity contribution in [3.05, 3.63) is 45.5 Å². The minimum atomic E-state index is -0.197. The largest absolute Gasteiger partial charge is 0.396 e. The van der Waals surface area contributed by atoms with Crippen LogP contribution in [0.1, 0.15) is 30.0 Å². The standard InChI is InChI=1S/C16H18Cl2N2O2/c17-13-5-3-11-12(15(13)18)4-6-14(11)20-16(22)19-10-2-1-9(7-10)8-21/h1-3,5,9-10,14,21H,4,6-8H2,(H2,19,20,22)/t9-,10+,14?/m0/s1. The zero-order valence-electron chi connectivity index (χ0n) is 12.0. The molecule has 4 nitrogen and oxygen atoms in total. The Balaban J connectivity index is 1.61. The van der Waals surface area contributed by atoms with Crippen molar-refractivity contribution in [3.63, 3.8) is 0 Å². The molecular formula is C16H18Cl2N2O2. The van der Waals surface area contributed by atoms with Gasteiger partial charge in [-0.15, -0.1) is 0 Å². The lowest BCUT2D eigenvalue weighted by molar-refractivity contribution is 0.228. The van der Waals surface area contributed by atoms with Gasteiger partial charge in [-0.3, -0.25) is 0 Å². The molecule has 0 spiro atoms. The number of carbonyl (C=O) groups is 1. The Kier molecular flexibility index (Phi) is 4.62. The number of rotatable bonds is 3. The molecule has 3 N–H and O–H groups in total. The topological polar surface area (TPSA) is 61.4 Å². The van der Waals surface area contributed by atoms with Gasteiger partial charge in [-0.2, -0.15) is 0 Å². The number of halogens is 2. The first-order valence-corrected chi connectivity index (χ1v) is 8.17. The summed E-state index contributed by atoms with van der Waals surface area (Å²) in [6.07, 6.45) is 6.25. The van der Waals surface area contributed by atoms with Crippen molar-refractivity contribution in [2.45, 2.75) is 31.3 Å². The summed E-state index contributed by atoms with van der Waals surface area (Å²) in [5, 5.41) is 16.2. The predicted octanol–water partition coefficient (Wildman–Crippen LogP) is 3.22. The van der Waals surface area contributed by atoms with E-state index >= 15 is 0 Å². The first-order chi connectivity index (χ1) is 10.6. The summed E-state index contributed by atoms with van der Waals surface area (Å²) in [6, 6.07) is 3.44. The quantitative estimate of drug-likeness (QED) is 0.740. The van der Waals surface area contributed by atoms with Crippen LogP contribution in [0.25, 0.3) is 0 Å². The van der Waals surface area contributed by atoms with Crippen molar-refractivity contribution in [1.29, 1.82) is 0 Å². The Morgan fingerprint density at radius 3 is 2.82 bits per heavy atom. The molecule has 1 unspecified atom stereocenters. The number of nitrogens with one attached hydrogen (secondary N) is 2. The van der Waals surface area contributed by atoms with Crippen molar-refractivity contribution in [2.24, 2.45) is 5.92 Å². The Morgan fingerprint density at radius 1 is 1.27 bits per heavy atom. The fourth-order valence-electron chi connectivity index (χ4n) is 3.17. The van der Waals surface area contributed by atoms with E-state index in [1.54, 1.807) is 6.07 Å². The summed E-state index contributed by atoms with van der Waals surface area (Å²) >= 11 is 12.2. The molecule has 1 aromatic carbocycles. The third-order valence-corrected chi connectivity index (χ3v) is 5.16. The summed E-state index contributed by atoms with van der Waals surface area (Å²) in [5.41, 5.74) is 2.07. The molecule has 1 aromatic rings. The molecule has 0 heterocycles. The molecule has 0 fully saturated rings. The molecule has 3 rings (SSSR count). The zero-order valence-corrected chi connectivity index (χ0v) is 13.5. The average molecular weight is 341 g/mol. The molecule has 0 aromatic heterocycles. The van der Waals surface area contributed by atoms with Gasteiger partial charge in [0.1, 0.15) is 0 Å². The number of urea groups is 1. The van der Waals surface area contributed by atoms with Crippen molar-refractivity contribution in [1.82, 2.24) is 10.6 Å². The molecule has 0 bridgehead atoms. The average Bonchev–Trinajstić information content (AvgIpc) is 3.10. The second-order valence-electron chi connectivity index (χ2n) is 5.81. The molecule has 118 valence electrons. The minimum absolute atomic E-state index is 0.0215. The second kappa shape index (κ2) is 6.49. The Labute approximate surface area is 139 Å². The molecule has 2 aliphatic rings. The van der Waals surface area contributed by atoms with E-state index in [-0.39, 0.29) is 30.6 Å². The van der Waals surface area contributed by atoms with Gasteiger partial charge < -0.3 is 15.7 Å². The summed E-state index contributed by atoms with van der Waals surface area (Å²) in [4.78, 5) is 12.1. The first-order valence-electron chi connectivity index (χ1n) is 7.41. The van der Waals surface area contributed by atoms with Crippen LogP contribution >= 0.6 is 23.2 Å². The van der Waals surface area contributed by atoms with Crippen LogP contribution in [0, 0.1) is 5.92 Å². The van der Waals surface area contributed by atoms with Crippen LogP contribution < -0.4 is 10.6 Å². The summed E-state index contributed by atoms with van der Waals surface area (Å²) in [6.45, 7) is 0.117. The lowest BCUT2D eigenvalue weighted by Gasteiger charge is -2.18. The molecule has 0 saturated heterocycles. The van der Waals surface area contributed by atoms with Crippen LogP contribution in [0.3, 0.4) is 0 Å². The highest BCUT2D eigenvalue weighted by Crippen LogP contribution is 2.39. The van der Waals surface area contributed by atoms with Crippen molar-refractivity contribution < 1.29 is 9.90 Å². The molecule has 2 amide bonds. The SMILES string of the molecule is O=C(NC1CCc2c1ccc(Cl)c2Cl)N[C@@H]1C=C[C@H](CO)C1. The fraction of sp³-hybridized carbons (Fsp3) is 0.438. The van der Waals surface area contributed by atoms with Crippen LogP contribution in [0.4, 0.5) is 4.79 Å². The van der Waals surface area contributed by atoms with Gasteiger partial charge in [0.25, 0.3) is 0 Å². The highest BCUT2D eigenvalue weighted by Gasteiger charge is 2.27. The van der Waals surface area contributed by atoms with E-state index in [2.05, 4.69) is 10.6 Å². The van der Waals surface area contributed by atoms with Crippen LogP contribution in [0.5, 0.6) is 0 Å². The first kappa shape index (κ1) is 15.7. The van der Waals surface area contributed by atoms with Crippen molar-refractivity contribution in [2.75, 3.05) is 6.61 Å². The Bertz CT molecular complexity index is 618. The van der Waals surface area contributed by atoms with Gasteiger partial charge in [-0.05, 0) is 36.5 Å². The van der Waals surface area contributed by atoms with Gasteiger partial charge in [0.15, 0.2) is 0 Å². The number of hydrogen-bond donors (Lipinski definition) is 3. The van der Waals surface area contributed by atoms with E-state index in [1.807, 2.05) is 18.2 Å². The van der Waals surface area contributed by atoms with Crippen LogP contribution in [-0.2, 0) is 6.42 Å². The number of benzene rings is 1. The van der Waals surface area contributed by atoms with Gasteiger partial charge in [0, 0.05) is 18.6 Å². The number of fused-ring (bicyclic) bond motifs is 1. The molecule has 2 aliphatic carbocycles. The normalized spacial score (nSPS) is 26.0. The van der Waals surface area contributed by atoms with Crippen molar-refractivity contribution in [3.8, 4) is 0 Å². The number of aliphatic hydroxyl groups excluding tert-OH is 1. The van der Waals surface area contributed by atoms with E-state index in [1.165, 1.54) is 0 Å². The summed E-state index contributed by atoms with van der Waals surface area (Å²) < 4.78 is 0. The van der Waals surface area contributed by atoms with Crippen LogP contribution in [-0.4, -0.2) is 23.8 Å². The van der Waals surface area contributed by atoms with E-state index in [4.69, 9.17) is 28.3 Å². The van der Waals surface area contributed by atoms with Gasteiger partial charge in [0.2, 0.25) is 0 Å². The third-order valence-electron chi connectivity index (χ3n) is 4.32. The van der Waals surface area contributed by atoms with Crippen LogP contribution in [0.15, 0.2) is 24.3 Å². The molecule has 3 atom stereocenters. The number of aliphatic hydroxyl groups is 1. The van der Waals surface area contributed by atoms with Crippen molar-refractivity contribution >= 4 is 29.2 Å². The Morgan fingerprint density at radius 2 is 2.09 bits per heavy atom. The fourth-order valence-corrected chi connectivity index (χ4v) is 3.61. The van der Waals surface area contributed by atoms with E-state index in [0.717, 1.165) is 30.4 Å². The highest BCUT2D eigenvalue weighted by molar-refractivity contribution is 6.42. The minimum Gasteiger partial charge on any atom is -0.396 e. The zero-order chi connectivity index (χ0) is 15.7. The molecule has 6 heteroatoms. The second-order valence-corrected chi connectivity index (χ2v) is 6.59. The van der Waals surface area contributed by atoms with E-state index in [0.29, 0.717) is 10.0 Å². The maximum absolute atomic E-state index is 12.1. The summed E-state index contributed by atoms with van der Waals surface area (Å²) in [5.74, 6) is 0.137. The maximum atomic E-state index is 12.1. The van der Waals surface area contributed by atoms with E-state index in [9.17, 15) is 4.79 Å². The van der Waals surface area contributed by atoms with Gasteiger partial charge >= 0.3 is 6.03 Å². The molecular weight excluding hydrogens is 323 g/mol. The van der Waals surface area contributed by atoms with Gasteiger partial charge in [0.05, 0.1) is 16.1 Å². The number of carbonyl (C=O) groups excluding carboxylic acids is 1. The molecule has 0 aliphatic heterocycles. The highest BCUT2D eigenvalue weighted by atomic mass is 35.5. The smallest absolute Gasteiger partial charge is 0.315 e. The maximum Gasteiger partial charge on any atom is 0.315 e. The monoisotopic (exact) mass is 340 g/mol. The van der Waals surface area contributed by atoms with E-state index < -0.39 is 0 Å². The molecule has 0 saturated carbocycles. The Hall–Kier alpha value is -1.23. The van der Waals surface area contributed by atoms with Gasteiger partial charge in [-0.25, -0.2) is 4.79 Å². The number of amides is 2. The third kappa shape index (κ3) is 3.09. The number of hydrogen-bond acceptors (Lipinski definition) is 2. The molecule has 0 radical (unpaired) electrons.